The fraction of sp³-hybridized carbons (Fsp3) is 0.435. The van der Waals surface area contributed by atoms with E-state index in [1.54, 1.807) is 18.2 Å². The molecular formula is C23H31ClN3O4S-. The van der Waals surface area contributed by atoms with E-state index < -0.39 is 11.1 Å². The van der Waals surface area contributed by atoms with Gasteiger partial charge >= 0.3 is 0 Å². The molecule has 0 aliphatic carbocycles. The van der Waals surface area contributed by atoms with E-state index >= 15 is 0 Å². The van der Waals surface area contributed by atoms with Gasteiger partial charge in [-0.25, -0.2) is 0 Å². The molecule has 0 radical (unpaired) electrons. The van der Waals surface area contributed by atoms with Crippen LogP contribution < -0.4 is 15.4 Å². The number of anilines is 2. The van der Waals surface area contributed by atoms with Crippen molar-refractivity contribution in [2.24, 2.45) is 5.41 Å². The first-order chi connectivity index (χ1) is 15.0. The van der Waals surface area contributed by atoms with E-state index in [-0.39, 0.29) is 17.1 Å². The number of para-hydroxylation sites is 2. The SMILES string of the molecule is CC(C)(C)C(=O)N1CCN(c2ccccc2N)CC1.COc1ccc(Cl)cc1CS(=O)[O-]. The number of rotatable bonds is 4. The lowest BCUT2D eigenvalue weighted by Crippen LogP contribution is -2.51. The third-order valence-corrected chi connectivity index (χ3v) is 5.78. The van der Waals surface area contributed by atoms with E-state index in [2.05, 4.69) is 4.90 Å². The molecule has 0 aromatic heterocycles. The van der Waals surface area contributed by atoms with Crippen LogP contribution in [0.3, 0.4) is 0 Å². The molecule has 176 valence electrons. The van der Waals surface area contributed by atoms with E-state index in [1.165, 1.54) is 7.11 Å². The van der Waals surface area contributed by atoms with Crippen LogP contribution in [0.5, 0.6) is 5.75 Å². The summed E-state index contributed by atoms with van der Waals surface area (Å²) in [5.74, 6) is 0.686. The van der Waals surface area contributed by atoms with Gasteiger partial charge < -0.3 is 24.8 Å². The maximum Gasteiger partial charge on any atom is 0.228 e. The van der Waals surface area contributed by atoms with Crippen molar-refractivity contribution in [2.45, 2.75) is 26.5 Å². The Bertz CT molecular complexity index is 941. The van der Waals surface area contributed by atoms with Crippen molar-refractivity contribution in [1.82, 2.24) is 4.90 Å². The number of nitrogens with zero attached hydrogens (tertiary/aromatic N) is 2. The van der Waals surface area contributed by atoms with Gasteiger partial charge in [0.25, 0.3) is 0 Å². The fourth-order valence-electron chi connectivity index (χ4n) is 3.39. The smallest absolute Gasteiger partial charge is 0.228 e. The molecule has 32 heavy (non-hydrogen) atoms. The molecule has 1 unspecified atom stereocenters. The van der Waals surface area contributed by atoms with Gasteiger partial charge in [-0.05, 0) is 30.3 Å². The summed E-state index contributed by atoms with van der Waals surface area (Å²) in [6.07, 6.45) is 0. The maximum atomic E-state index is 12.2. The number of carbonyl (C=O) groups excluding carboxylic acids is 1. The fourth-order valence-corrected chi connectivity index (χ4v) is 4.06. The van der Waals surface area contributed by atoms with E-state index in [1.807, 2.05) is 49.9 Å². The van der Waals surface area contributed by atoms with E-state index in [4.69, 9.17) is 22.1 Å². The molecule has 1 aliphatic rings. The lowest BCUT2D eigenvalue weighted by Gasteiger charge is -2.39. The summed E-state index contributed by atoms with van der Waals surface area (Å²) in [7, 11) is 1.49. The average Bonchev–Trinajstić information content (AvgIpc) is 2.73. The molecule has 2 aromatic rings. The zero-order valence-electron chi connectivity index (χ0n) is 19.0. The van der Waals surface area contributed by atoms with Gasteiger partial charge in [0.2, 0.25) is 5.91 Å². The van der Waals surface area contributed by atoms with Crippen LogP contribution in [-0.2, 0) is 21.6 Å². The number of nitrogens with two attached hydrogens (primary N) is 1. The Morgan fingerprint density at radius 2 is 1.78 bits per heavy atom. The van der Waals surface area contributed by atoms with Gasteiger partial charge in [0.05, 0.1) is 18.5 Å². The summed E-state index contributed by atoms with van der Waals surface area (Å²) in [5, 5.41) is 0.501. The zero-order chi connectivity index (χ0) is 23.9. The molecule has 1 atom stereocenters. The number of hydrogen-bond donors (Lipinski definition) is 1. The van der Waals surface area contributed by atoms with Crippen LogP contribution >= 0.6 is 11.6 Å². The minimum Gasteiger partial charge on any atom is -0.772 e. The van der Waals surface area contributed by atoms with Gasteiger partial charge in [-0.2, -0.15) is 0 Å². The van der Waals surface area contributed by atoms with Crippen LogP contribution in [0.15, 0.2) is 42.5 Å². The van der Waals surface area contributed by atoms with Crippen LogP contribution in [0.2, 0.25) is 5.02 Å². The first-order valence-corrected chi connectivity index (χ1v) is 11.9. The minimum atomic E-state index is -2.13. The molecule has 0 bridgehead atoms. The molecule has 1 saturated heterocycles. The third-order valence-electron chi connectivity index (χ3n) is 5.00. The van der Waals surface area contributed by atoms with Crippen LogP contribution in [0.1, 0.15) is 26.3 Å². The first kappa shape index (κ1) is 26.0. The van der Waals surface area contributed by atoms with Crippen molar-refractivity contribution >= 4 is 40.0 Å². The number of piperazine rings is 1. The van der Waals surface area contributed by atoms with Crippen molar-refractivity contribution in [3.8, 4) is 5.75 Å². The van der Waals surface area contributed by atoms with Gasteiger partial charge in [-0.15, -0.1) is 0 Å². The number of halogens is 1. The van der Waals surface area contributed by atoms with Crippen LogP contribution in [0.25, 0.3) is 0 Å². The molecule has 2 N–H and O–H groups in total. The highest BCUT2D eigenvalue weighted by Crippen LogP contribution is 2.25. The second kappa shape index (κ2) is 11.5. The normalized spacial score (nSPS) is 14.9. The molecule has 3 rings (SSSR count). The molecule has 1 heterocycles. The highest BCUT2D eigenvalue weighted by Gasteiger charge is 2.29. The largest absolute Gasteiger partial charge is 0.772 e. The Morgan fingerprint density at radius 3 is 2.31 bits per heavy atom. The van der Waals surface area contributed by atoms with Crippen molar-refractivity contribution in [2.75, 3.05) is 43.9 Å². The summed E-state index contributed by atoms with van der Waals surface area (Å²) in [5.41, 5.74) is 8.15. The van der Waals surface area contributed by atoms with Crippen LogP contribution in [0.4, 0.5) is 11.4 Å². The van der Waals surface area contributed by atoms with E-state index in [0.29, 0.717) is 16.3 Å². The number of nitrogen functional groups attached to an aromatic ring is 1. The van der Waals surface area contributed by atoms with Gasteiger partial charge in [-0.3, -0.25) is 9.00 Å². The van der Waals surface area contributed by atoms with Crippen LogP contribution in [-0.4, -0.2) is 52.9 Å². The number of ether oxygens (including phenoxy) is 1. The monoisotopic (exact) mass is 480 g/mol. The molecule has 7 nitrogen and oxygen atoms in total. The maximum absolute atomic E-state index is 12.2. The van der Waals surface area contributed by atoms with Crippen molar-refractivity contribution in [3.63, 3.8) is 0 Å². The van der Waals surface area contributed by atoms with Crippen molar-refractivity contribution < 1.29 is 18.3 Å². The molecular weight excluding hydrogens is 450 g/mol. The van der Waals surface area contributed by atoms with E-state index in [9.17, 15) is 13.6 Å². The highest BCUT2D eigenvalue weighted by atomic mass is 35.5. The second-order valence-corrected chi connectivity index (χ2v) is 9.82. The Hall–Kier alpha value is -2.29. The predicted molar refractivity (Wildman–Crippen MR) is 130 cm³/mol. The Kier molecular flexibility index (Phi) is 9.36. The molecule has 0 saturated carbocycles. The number of carbonyl (C=O) groups is 1. The van der Waals surface area contributed by atoms with Gasteiger partial charge in [0.1, 0.15) is 5.75 Å². The minimum absolute atomic E-state index is 0.0796. The van der Waals surface area contributed by atoms with Crippen LogP contribution in [0, 0.1) is 5.41 Å². The Morgan fingerprint density at radius 1 is 1.16 bits per heavy atom. The molecule has 1 fully saturated rings. The summed E-state index contributed by atoms with van der Waals surface area (Å²) in [6, 6.07) is 12.8. The molecule has 1 amide bonds. The predicted octanol–water partition coefficient (Wildman–Crippen LogP) is 3.69. The standard InChI is InChI=1S/C15H23N3O.C8H9ClO3S/c1-15(2,3)14(19)18-10-8-17(9-11-18)13-7-5-4-6-12(13)16;1-12-8-3-2-7(9)4-6(8)5-13(10)11/h4-7H,8-11,16H2,1-3H3;2-4H,5H2,1H3,(H,10,11)/p-1. The summed E-state index contributed by atoms with van der Waals surface area (Å²) < 4.78 is 25.9. The van der Waals surface area contributed by atoms with Gasteiger partial charge in [0, 0.05) is 47.9 Å². The zero-order valence-corrected chi connectivity index (χ0v) is 20.5. The number of amides is 1. The topological polar surface area (TPSA) is 98.9 Å². The lowest BCUT2D eigenvalue weighted by atomic mass is 9.94. The molecule has 2 aromatic carbocycles. The average molecular weight is 481 g/mol. The molecule has 0 spiro atoms. The lowest BCUT2D eigenvalue weighted by molar-refractivity contribution is -0.139. The van der Waals surface area contributed by atoms with E-state index in [0.717, 1.165) is 37.6 Å². The highest BCUT2D eigenvalue weighted by molar-refractivity contribution is 7.78. The molecule has 9 heteroatoms. The van der Waals surface area contributed by atoms with Crippen molar-refractivity contribution in [3.05, 3.63) is 53.1 Å². The van der Waals surface area contributed by atoms with Gasteiger partial charge in [0.15, 0.2) is 0 Å². The second-order valence-electron chi connectivity index (χ2n) is 8.49. The summed E-state index contributed by atoms with van der Waals surface area (Å²) in [6.45, 7) is 9.13. The quantitative estimate of drug-likeness (QED) is 0.529. The summed E-state index contributed by atoms with van der Waals surface area (Å²) in [4.78, 5) is 16.4. The first-order valence-electron chi connectivity index (χ1n) is 10.3. The third kappa shape index (κ3) is 7.39. The number of methoxy groups -OCH3 is 1. The number of hydrogen-bond acceptors (Lipinski definition) is 6. The summed E-state index contributed by atoms with van der Waals surface area (Å²) >= 11 is 3.58. The number of benzene rings is 2. The van der Waals surface area contributed by atoms with Gasteiger partial charge in [-0.1, -0.05) is 55.6 Å². The molecule has 1 aliphatic heterocycles. The van der Waals surface area contributed by atoms with Crippen molar-refractivity contribution in [1.29, 1.82) is 0 Å². The Labute approximate surface area is 197 Å². The Balaban J connectivity index is 0.000000244.